The SMILES string of the molecule is CC(N)CCSCC(=O)NCCCc1ccccc1. The Kier molecular flexibility index (Phi) is 8.34. The minimum absolute atomic E-state index is 0.128. The van der Waals surface area contributed by atoms with Gasteiger partial charge in [0.1, 0.15) is 0 Å². The van der Waals surface area contributed by atoms with Crippen molar-refractivity contribution in [2.45, 2.75) is 32.2 Å². The van der Waals surface area contributed by atoms with Crippen LogP contribution >= 0.6 is 11.8 Å². The highest BCUT2D eigenvalue weighted by atomic mass is 32.2. The zero-order valence-electron chi connectivity index (χ0n) is 11.6. The molecule has 1 amide bonds. The van der Waals surface area contributed by atoms with Crippen LogP contribution in [0.3, 0.4) is 0 Å². The summed E-state index contributed by atoms with van der Waals surface area (Å²) in [5.41, 5.74) is 6.97. The van der Waals surface area contributed by atoms with Gasteiger partial charge in [-0.1, -0.05) is 30.3 Å². The normalized spacial score (nSPS) is 12.1. The van der Waals surface area contributed by atoms with Gasteiger partial charge >= 0.3 is 0 Å². The van der Waals surface area contributed by atoms with Crippen LogP contribution in [-0.4, -0.2) is 30.0 Å². The third-order valence-corrected chi connectivity index (χ3v) is 3.75. The van der Waals surface area contributed by atoms with Crippen LogP contribution in [0.2, 0.25) is 0 Å². The van der Waals surface area contributed by atoms with Crippen LogP contribution in [0.4, 0.5) is 0 Å². The van der Waals surface area contributed by atoms with E-state index in [1.807, 2.05) is 25.1 Å². The van der Waals surface area contributed by atoms with E-state index in [4.69, 9.17) is 5.73 Å². The van der Waals surface area contributed by atoms with Gasteiger partial charge in [0.25, 0.3) is 0 Å². The van der Waals surface area contributed by atoms with Crippen molar-refractivity contribution in [1.29, 1.82) is 0 Å². The highest BCUT2D eigenvalue weighted by molar-refractivity contribution is 7.99. The Bertz CT molecular complexity index is 354. The molecule has 0 saturated carbocycles. The molecule has 0 aliphatic rings. The van der Waals surface area contributed by atoms with E-state index in [2.05, 4.69) is 17.4 Å². The van der Waals surface area contributed by atoms with Crippen LogP contribution < -0.4 is 11.1 Å². The monoisotopic (exact) mass is 280 g/mol. The predicted octanol–water partition coefficient (Wildman–Crippen LogP) is 2.21. The first kappa shape index (κ1) is 16.1. The quantitative estimate of drug-likeness (QED) is 0.682. The van der Waals surface area contributed by atoms with E-state index in [1.165, 1.54) is 5.56 Å². The third kappa shape index (κ3) is 8.67. The maximum Gasteiger partial charge on any atom is 0.229 e. The standard InChI is InChI=1S/C15H24N2OS/c1-13(16)9-11-19-12-15(18)17-10-5-8-14-6-3-2-4-7-14/h2-4,6-7,13H,5,8-12,16H2,1H3,(H,17,18). The molecule has 0 bridgehead atoms. The fraction of sp³-hybridized carbons (Fsp3) is 0.533. The van der Waals surface area contributed by atoms with Crippen molar-refractivity contribution in [3.63, 3.8) is 0 Å². The smallest absolute Gasteiger partial charge is 0.229 e. The number of nitrogens with two attached hydrogens (primary N) is 1. The second-order valence-electron chi connectivity index (χ2n) is 4.76. The van der Waals surface area contributed by atoms with Crippen molar-refractivity contribution in [2.75, 3.05) is 18.1 Å². The summed E-state index contributed by atoms with van der Waals surface area (Å²) in [5, 5.41) is 2.95. The maximum absolute atomic E-state index is 11.5. The van der Waals surface area contributed by atoms with Crippen LogP contribution in [0.5, 0.6) is 0 Å². The molecular weight excluding hydrogens is 256 g/mol. The second-order valence-corrected chi connectivity index (χ2v) is 5.86. The molecule has 1 aromatic carbocycles. The number of nitrogens with one attached hydrogen (secondary N) is 1. The van der Waals surface area contributed by atoms with Crippen LogP contribution in [0.1, 0.15) is 25.3 Å². The number of hydrogen-bond acceptors (Lipinski definition) is 3. The first-order valence-corrected chi connectivity index (χ1v) is 7.98. The number of carbonyl (C=O) groups excluding carboxylic acids is 1. The molecule has 0 aromatic heterocycles. The largest absolute Gasteiger partial charge is 0.355 e. The molecule has 1 unspecified atom stereocenters. The van der Waals surface area contributed by atoms with Crippen molar-refractivity contribution >= 4 is 17.7 Å². The number of aryl methyl sites for hydroxylation is 1. The van der Waals surface area contributed by atoms with Crippen molar-refractivity contribution < 1.29 is 4.79 Å². The number of rotatable bonds is 9. The number of amides is 1. The van der Waals surface area contributed by atoms with Crippen LogP contribution in [-0.2, 0) is 11.2 Å². The molecule has 0 radical (unpaired) electrons. The summed E-state index contributed by atoms with van der Waals surface area (Å²) in [7, 11) is 0. The van der Waals surface area contributed by atoms with E-state index in [0.29, 0.717) is 5.75 Å². The minimum atomic E-state index is 0.128. The second kappa shape index (κ2) is 9.87. The molecule has 106 valence electrons. The number of benzene rings is 1. The molecule has 3 nitrogen and oxygen atoms in total. The number of carbonyl (C=O) groups is 1. The summed E-state index contributed by atoms with van der Waals surface area (Å²) >= 11 is 1.65. The molecule has 0 saturated heterocycles. The van der Waals surface area contributed by atoms with Crippen LogP contribution in [0.25, 0.3) is 0 Å². The predicted molar refractivity (Wildman–Crippen MR) is 83.4 cm³/mol. The van der Waals surface area contributed by atoms with Crippen LogP contribution in [0, 0.1) is 0 Å². The van der Waals surface area contributed by atoms with Crippen molar-refractivity contribution in [1.82, 2.24) is 5.32 Å². The number of thioether (sulfide) groups is 1. The summed E-state index contributed by atoms with van der Waals surface area (Å²) in [5.74, 6) is 1.62. The summed E-state index contributed by atoms with van der Waals surface area (Å²) in [6.07, 6.45) is 2.96. The Morgan fingerprint density at radius 1 is 1.37 bits per heavy atom. The zero-order chi connectivity index (χ0) is 13.9. The van der Waals surface area contributed by atoms with E-state index in [9.17, 15) is 4.79 Å². The summed E-state index contributed by atoms with van der Waals surface area (Å²) in [6.45, 7) is 2.74. The van der Waals surface area contributed by atoms with Gasteiger partial charge in [-0.3, -0.25) is 4.79 Å². The molecule has 0 spiro atoms. The molecule has 4 heteroatoms. The van der Waals surface area contributed by atoms with Gasteiger partial charge in [0.15, 0.2) is 0 Å². The molecule has 0 fully saturated rings. The molecule has 0 heterocycles. The Labute approximate surface area is 120 Å². The minimum Gasteiger partial charge on any atom is -0.355 e. The van der Waals surface area contributed by atoms with Crippen molar-refractivity contribution in [3.05, 3.63) is 35.9 Å². The van der Waals surface area contributed by atoms with Crippen molar-refractivity contribution in [3.8, 4) is 0 Å². The summed E-state index contributed by atoms with van der Waals surface area (Å²) < 4.78 is 0. The average Bonchev–Trinajstić information content (AvgIpc) is 2.41. The molecule has 1 rings (SSSR count). The fourth-order valence-corrected chi connectivity index (χ4v) is 2.62. The van der Waals surface area contributed by atoms with E-state index >= 15 is 0 Å². The third-order valence-electron chi connectivity index (χ3n) is 2.76. The average molecular weight is 280 g/mol. The molecule has 19 heavy (non-hydrogen) atoms. The summed E-state index contributed by atoms with van der Waals surface area (Å²) in [4.78, 5) is 11.5. The number of hydrogen-bond donors (Lipinski definition) is 2. The highest BCUT2D eigenvalue weighted by Crippen LogP contribution is 2.04. The molecule has 0 aliphatic heterocycles. The lowest BCUT2D eigenvalue weighted by atomic mass is 10.1. The van der Waals surface area contributed by atoms with Gasteiger partial charge in [-0.2, -0.15) is 11.8 Å². The first-order chi connectivity index (χ1) is 9.18. The Morgan fingerprint density at radius 3 is 2.79 bits per heavy atom. The Balaban J connectivity index is 1.98. The lowest BCUT2D eigenvalue weighted by Gasteiger charge is -2.06. The zero-order valence-corrected chi connectivity index (χ0v) is 12.4. The van der Waals surface area contributed by atoms with Gasteiger partial charge in [-0.15, -0.1) is 0 Å². The molecule has 1 aromatic rings. The van der Waals surface area contributed by atoms with Gasteiger partial charge in [-0.05, 0) is 37.5 Å². The maximum atomic E-state index is 11.5. The Morgan fingerprint density at radius 2 is 2.11 bits per heavy atom. The van der Waals surface area contributed by atoms with Gasteiger partial charge in [0.05, 0.1) is 5.75 Å². The molecular formula is C15H24N2OS. The van der Waals surface area contributed by atoms with E-state index < -0.39 is 0 Å². The van der Waals surface area contributed by atoms with Crippen LogP contribution in [0.15, 0.2) is 30.3 Å². The van der Waals surface area contributed by atoms with Gasteiger partial charge in [0.2, 0.25) is 5.91 Å². The van der Waals surface area contributed by atoms with Gasteiger partial charge < -0.3 is 11.1 Å². The van der Waals surface area contributed by atoms with E-state index in [0.717, 1.165) is 31.6 Å². The lowest BCUT2D eigenvalue weighted by Crippen LogP contribution is -2.26. The van der Waals surface area contributed by atoms with E-state index in [1.54, 1.807) is 11.8 Å². The molecule has 3 N–H and O–H groups in total. The summed E-state index contributed by atoms with van der Waals surface area (Å²) in [6, 6.07) is 10.6. The molecule has 0 aliphatic carbocycles. The van der Waals surface area contributed by atoms with Gasteiger partial charge in [0, 0.05) is 12.6 Å². The van der Waals surface area contributed by atoms with Crippen molar-refractivity contribution in [2.24, 2.45) is 5.73 Å². The first-order valence-electron chi connectivity index (χ1n) is 6.82. The van der Waals surface area contributed by atoms with E-state index in [-0.39, 0.29) is 11.9 Å². The van der Waals surface area contributed by atoms with Gasteiger partial charge in [-0.25, -0.2) is 0 Å². The lowest BCUT2D eigenvalue weighted by molar-refractivity contribution is -0.118. The Hall–Kier alpha value is -1.00. The topological polar surface area (TPSA) is 55.1 Å². The highest BCUT2D eigenvalue weighted by Gasteiger charge is 2.01. The fourth-order valence-electron chi connectivity index (χ4n) is 1.65. The molecule has 1 atom stereocenters.